The van der Waals surface area contributed by atoms with Crippen molar-refractivity contribution in [3.63, 3.8) is 0 Å². The van der Waals surface area contributed by atoms with Crippen molar-refractivity contribution in [2.24, 2.45) is 5.92 Å². The maximum atomic E-state index is 12.5. The van der Waals surface area contributed by atoms with Gasteiger partial charge in [-0.15, -0.1) is 0 Å². The fraction of sp³-hybridized carbons (Fsp3) is 0.286. The fourth-order valence-corrected chi connectivity index (χ4v) is 3.11. The lowest BCUT2D eigenvalue weighted by atomic mass is 10.2. The number of thiocarbonyl (C=S) groups is 1. The van der Waals surface area contributed by atoms with Crippen molar-refractivity contribution in [1.82, 2.24) is 5.32 Å². The number of carbonyl (C=O) groups excluding carboxylic acids is 2. The van der Waals surface area contributed by atoms with Crippen molar-refractivity contribution in [1.29, 1.82) is 0 Å². The van der Waals surface area contributed by atoms with E-state index in [4.69, 9.17) is 21.7 Å². The van der Waals surface area contributed by atoms with E-state index in [2.05, 4.69) is 31.9 Å². The van der Waals surface area contributed by atoms with Gasteiger partial charge in [-0.2, -0.15) is 0 Å². The van der Waals surface area contributed by atoms with Gasteiger partial charge in [0.15, 0.2) is 5.11 Å². The Hall–Kier alpha value is -2.65. The highest BCUT2D eigenvalue weighted by atomic mass is 79.9. The molecule has 0 unspecified atom stereocenters. The maximum Gasteiger partial charge on any atom is 0.257 e. The molecule has 0 atom stereocenters. The first-order chi connectivity index (χ1) is 14.2. The zero-order valence-corrected chi connectivity index (χ0v) is 19.6. The minimum Gasteiger partial charge on any atom is -0.494 e. The highest BCUT2D eigenvalue weighted by Gasteiger charge is 2.13. The normalized spacial score (nSPS) is 10.3. The SMILES string of the molecule is CCOc1ccc(C(=O)NC(=S)Nc2ccc(NC(=O)C(C)C)c(OC)c2)cc1Br. The molecule has 3 N–H and O–H groups in total. The molecule has 2 amide bonds. The molecule has 0 aliphatic rings. The lowest BCUT2D eigenvalue weighted by Crippen LogP contribution is -2.34. The average Bonchev–Trinajstić information content (AvgIpc) is 2.70. The Morgan fingerprint density at radius 3 is 2.43 bits per heavy atom. The monoisotopic (exact) mass is 493 g/mol. The average molecular weight is 494 g/mol. The molecule has 0 aromatic heterocycles. The van der Waals surface area contributed by atoms with Gasteiger partial charge in [-0.1, -0.05) is 13.8 Å². The van der Waals surface area contributed by atoms with Crippen LogP contribution in [-0.2, 0) is 4.79 Å². The minimum absolute atomic E-state index is 0.113. The highest BCUT2D eigenvalue weighted by Crippen LogP contribution is 2.29. The second-order valence-corrected chi connectivity index (χ2v) is 7.81. The van der Waals surface area contributed by atoms with E-state index in [0.717, 1.165) is 0 Å². The minimum atomic E-state index is -0.357. The Morgan fingerprint density at radius 1 is 1.10 bits per heavy atom. The van der Waals surface area contributed by atoms with E-state index < -0.39 is 0 Å². The van der Waals surface area contributed by atoms with Crippen LogP contribution in [0, 0.1) is 5.92 Å². The molecule has 0 fully saturated rings. The topological polar surface area (TPSA) is 88.7 Å². The molecule has 0 aliphatic carbocycles. The smallest absolute Gasteiger partial charge is 0.257 e. The van der Waals surface area contributed by atoms with Crippen LogP contribution in [0.2, 0.25) is 0 Å². The molecule has 2 rings (SSSR count). The van der Waals surface area contributed by atoms with E-state index in [-0.39, 0.29) is 22.8 Å². The van der Waals surface area contributed by atoms with Crippen molar-refractivity contribution >= 4 is 56.4 Å². The van der Waals surface area contributed by atoms with E-state index in [1.165, 1.54) is 7.11 Å². The van der Waals surface area contributed by atoms with E-state index in [1.54, 1.807) is 36.4 Å². The van der Waals surface area contributed by atoms with Crippen LogP contribution in [-0.4, -0.2) is 30.6 Å². The van der Waals surface area contributed by atoms with Gasteiger partial charge in [0.1, 0.15) is 11.5 Å². The molecular formula is C21H24BrN3O4S. The number of hydrogen-bond acceptors (Lipinski definition) is 5. The van der Waals surface area contributed by atoms with E-state index in [9.17, 15) is 9.59 Å². The number of anilines is 2. The summed E-state index contributed by atoms with van der Waals surface area (Å²) < 4.78 is 11.5. The number of halogens is 1. The Balaban J connectivity index is 2.04. The van der Waals surface area contributed by atoms with Gasteiger partial charge in [0, 0.05) is 23.2 Å². The van der Waals surface area contributed by atoms with Gasteiger partial charge in [-0.25, -0.2) is 0 Å². The molecule has 0 saturated heterocycles. The molecule has 0 saturated carbocycles. The number of rotatable bonds is 7. The zero-order chi connectivity index (χ0) is 22.3. The van der Waals surface area contributed by atoms with Crippen LogP contribution in [0.3, 0.4) is 0 Å². The summed E-state index contributed by atoms with van der Waals surface area (Å²) in [6.07, 6.45) is 0. The van der Waals surface area contributed by atoms with Crippen molar-refractivity contribution in [3.05, 3.63) is 46.4 Å². The lowest BCUT2D eigenvalue weighted by molar-refractivity contribution is -0.118. The molecule has 0 bridgehead atoms. The van der Waals surface area contributed by atoms with E-state index in [1.807, 2.05) is 20.8 Å². The molecule has 0 aliphatic heterocycles. The third-order valence-corrected chi connectivity index (χ3v) is 4.79. The van der Waals surface area contributed by atoms with Crippen LogP contribution >= 0.6 is 28.1 Å². The van der Waals surface area contributed by atoms with Crippen LogP contribution in [0.5, 0.6) is 11.5 Å². The molecular weight excluding hydrogens is 470 g/mol. The summed E-state index contributed by atoms with van der Waals surface area (Å²) in [5, 5.41) is 8.50. The number of ether oxygens (including phenoxy) is 2. The standard InChI is InChI=1S/C21H24BrN3O4S/c1-5-29-17-9-6-13(10-15(17)22)20(27)25-21(30)23-14-7-8-16(18(11-14)28-4)24-19(26)12(2)3/h6-12H,5H2,1-4H3,(H,24,26)(H2,23,25,27,30). The molecule has 7 nitrogen and oxygen atoms in total. The van der Waals surface area contributed by atoms with Crippen LogP contribution in [0.4, 0.5) is 11.4 Å². The molecule has 0 radical (unpaired) electrons. The quantitative estimate of drug-likeness (QED) is 0.489. The number of carbonyl (C=O) groups is 2. The largest absolute Gasteiger partial charge is 0.494 e. The highest BCUT2D eigenvalue weighted by molar-refractivity contribution is 9.10. The summed E-state index contributed by atoms with van der Waals surface area (Å²) >= 11 is 8.63. The van der Waals surface area contributed by atoms with Crippen LogP contribution in [0.15, 0.2) is 40.9 Å². The van der Waals surface area contributed by atoms with Crippen LogP contribution in [0.1, 0.15) is 31.1 Å². The second-order valence-electron chi connectivity index (χ2n) is 6.55. The number of hydrogen-bond donors (Lipinski definition) is 3. The predicted molar refractivity (Wildman–Crippen MR) is 125 cm³/mol. The summed E-state index contributed by atoms with van der Waals surface area (Å²) in [5.41, 5.74) is 1.59. The Kier molecular flexibility index (Phi) is 8.61. The predicted octanol–water partition coefficient (Wildman–Crippen LogP) is 4.58. The first-order valence-corrected chi connectivity index (χ1v) is 10.5. The summed E-state index contributed by atoms with van der Waals surface area (Å²) in [6, 6.07) is 10.1. The third-order valence-electron chi connectivity index (χ3n) is 3.96. The lowest BCUT2D eigenvalue weighted by Gasteiger charge is -2.15. The number of amides is 2. The molecule has 0 heterocycles. The Bertz CT molecular complexity index is 950. The third kappa shape index (κ3) is 6.43. The molecule has 2 aromatic carbocycles. The molecule has 9 heteroatoms. The first-order valence-electron chi connectivity index (χ1n) is 9.28. The van der Waals surface area contributed by atoms with Gasteiger partial charge in [0.25, 0.3) is 5.91 Å². The Labute approximate surface area is 189 Å². The van der Waals surface area contributed by atoms with E-state index in [0.29, 0.717) is 39.5 Å². The number of benzene rings is 2. The van der Waals surface area contributed by atoms with Crippen molar-refractivity contribution in [3.8, 4) is 11.5 Å². The number of nitrogens with one attached hydrogen (secondary N) is 3. The van der Waals surface area contributed by atoms with Gasteiger partial charge in [-0.05, 0) is 65.4 Å². The Morgan fingerprint density at radius 2 is 1.83 bits per heavy atom. The van der Waals surface area contributed by atoms with Crippen molar-refractivity contribution in [2.75, 3.05) is 24.4 Å². The zero-order valence-electron chi connectivity index (χ0n) is 17.2. The first kappa shape index (κ1) is 23.6. The van der Waals surface area contributed by atoms with E-state index >= 15 is 0 Å². The maximum absolute atomic E-state index is 12.5. The second kappa shape index (κ2) is 10.9. The summed E-state index contributed by atoms with van der Waals surface area (Å²) in [7, 11) is 1.51. The number of methoxy groups -OCH3 is 1. The van der Waals surface area contributed by atoms with Crippen LogP contribution < -0.4 is 25.4 Å². The fourth-order valence-electron chi connectivity index (χ4n) is 2.40. The summed E-state index contributed by atoms with van der Waals surface area (Å²) in [4.78, 5) is 24.4. The van der Waals surface area contributed by atoms with Crippen molar-refractivity contribution in [2.45, 2.75) is 20.8 Å². The molecule has 30 heavy (non-hydrogen) atoms. The van der Waals surface area contributed by atoms with Gasteiger partial charge in [0.2, 0.25) is 5.91 Å². The summed E-state index contributed by atoms with van der Waals surface area (Å²) in [5.74, 6) is 0.505. The molecule has 2 aromatic rings. The van der Waals surface area contributed by atoms with Gasteiger partial charge >= 0.3 is 0 Å². The molecule has 160 valence electrons. The van der Waals surface area contributed by atoms with Gasteiger partial charge in [0.05, 0.1) is 23.9 Å². The van der Waals surface area contributed by atoms with Crippen molar-refractivity contribution < 1.29 is 19.1 Å². The molecule has 0 spiro atoms. The summed E-state index contributed by atoms with van der Waals surface area (Å²) in [6.45, 7) is 6.03. The van der Waals surface area contributed by atoms with Gasteiger partial charge < -0.3 is 20.1 Å². The van der Waals surface area contributed by atoms with Crippen LogP contribution in [0.25, 0.3) is 0 Å². The van der Waals surface area contributed by atoms with Gasteiger partial charge in [-0.3, -0.25) is 14.9 Å².